The van der Waals surface area contributed by atoms with E-state index in [4.69, 9.17) is 0 Å². The van der Waals surface area contributed by atoms with Crippen molar-refractivity contribution in [2.45, 2.75) is 45.4 Å². The Hall–Kier alpha value is -0.0300. The molecule has 4 nitrogen and oxygen atoms in total. The van der Waals surface area contributed by atoms with Crippen LogP contribution in [0.1, 0.15) is 45.4 Å². The molecule has 22 heavy (non-hydrogen) atoms. The Labute approximate surface area is 148 Å². The molecule has 0 aliphatic carbocycles. The largest absolute Gasteiger partial charge is 0.355 e. The number of nitrogens with zero attached hydrogens (tertiary/aromatic N) is 1. The number of hydrogen-bond donors (Lipinski definition) is 2. The molecular formula is C16H33Cl2N3O. The van der Waals surface area contributed by atoms with Crippen LogP contribution in [0.5, 0.6) is 0 Å². The first-order chi connectivity index (χ1) is 9.75. The summed E-state index contributed by atoms with van der Waals surface area (Å²) in [5.74, 6) is 1.41. The molecule has 2 saturated heterocycles. The third kappa shape index (κ3) is 8.00. The van der Waals surface area contributed by atoms with Gasteiger partial charge in [-0.2, -0.15) is 0 Å². The summed E-state index contributed by atoms with van der Waals surface area (Å²) in [5.41, 5.74) is 0. The van der Waals surface area contributed by atoms with Crippen molar-refractivity contribution in [3.05, 3.63) is 0 Å². The quantitative estimate of drug-likeness (QED) is 0.770. The van der Waals surface area contributed by atoms with E-state index in [1.54, 1.807) is 0 Å². The van der Waals surface area contributed by atoms with Gasteiger partial charge in [-0.25, -0.2) is 0 Å². The monoisotopic (exact) mass is 353 g/mol. The zero-order valence-corrected chi connectivity index (χ0v) is 15.4. The second-order valence-corrected chi connectivity index (χ2v) is 6.54. The Morgan fingerprint density at radius 1 is 1.23 bits per heavy atom. The molecule has 2 aliphatic heterocycles. The number of carbonyl (C=O) groups is 1. The maximum Gasteiger partial charge on any atom is 0.220 e. The van der Waals surface area contributed by atoms with Crippen LogP contribution in [0.25, 0.3) is 0 Å². The molecule has 1 amide bonds. The lowest BCUT2D eigenvalue weighted by Crippen LogP contribution is -2.39. The zero-order chi connectivity index (χ0) is 14.2. The zero-order valence-electron chi connectivity index (χ0n) is 13.8. The SMILES string of the molecule is CC(CC(=O)NCCN1CCCCC1)C1CCCNC1.Cl.Cl. The van der Waals surface area contributed by atoms with Crippen molar-refractivity contribution < 1.29 is 4.79 Å². The summed E-state index contributed by atoms with van der Waals surface area (Å²) >= 11 is 0. The summed E-state index contributed by atoms with van der Waals surface area (Å²) < 4.78 is 0. The molecule has 0 spiro atoms. The van der Waals surface area contributed by atoms with E-state index < -0.39 is 0 Å². The summed E-state index contributed by atoms with van der Waals surface area (Å²) in [4.78, 5) is 14.5. The summed E-state index contributed by atoms with van der Waals surface area (Å²) in [5, 5.41) is 6.54. The van der Waals surface area contributed by atoms with Crippen LogP contribution in [0.3, 0.4) is 0 Å². The number of halogens is 2. The predicted octanol–water partition coefficient (Wildman–Crippen LogP) is 2.46. The molecule has 2 unspecified atom stereocenters. The summed E-state index contributed by atoms with van der Waals surface area (Å²) in [6.45, 7) is 8.70. The molecule has 2 N–H and O–H groups in total. The first-order valence-electron chi connectivity index (χ1n) is 8.45. The third-order valence-corrected chi connectivity index (χ3v) is 4.85. The Morgan fingerprint density at radius 3 is 2.59 bits per heavy atom. The number of carbonyl (C=O) groups excluding carboxylic acids is 1. The molecule has 2 aliphatic rings. The maximum atomic E-state index is 12.0. The lowest BCUT2D eigenvalue weighted by atomic mass is 9.85. The molecular weight excluding hydrogens is 321 g/mol. The molecule has 0 saturated carbocycles. The fraction of sp³-hybridized carbons (Fsp3) is 0.938. The van der Waals surface area contributed by atoms with Gasteiger partial charge in [-0.1, -0.05) is 13.3 Å². The highest BCUT2D eigenvalue weighted by Gasteiger charge is 2.21. The summed E-state index contributed by atoms with van der Waals surface area (Å²) in [6, 6.07) is 0. The number of hydrogen-bond acceptors (Lipinski definition) is 3. The average molecular weight is 354 g/mol. The van der Waals surface area contributed by atoms with E-state index in [-0.39, 0.29) is 30.7 Å². The van der Waals surface area contributed by atoms with Crippen molar-refractivity contribution in [2.75, 3.05) is 39.3 Å². The van der Waals surface area contributed by atoms with Gasteiger partial charge in [0, 0.05) is 19.5 Å². The second kappa shape index (κ2) is 12.4. The number of likely N-dealkylation sites (tertiary alicyclic amines) is 1. The first-order valence-corrected chi connectivity index (χ1v) is 8.45. The minimum absolute atomic E-state index is 0. The van der Waals surface area contributed by atoms with Gasteiger partial charge in [0.05, 0.1) is 0 Å². The molecule has 6 heteroatoms. The highest BCUT2D eigenvalue weighted by Crippen LogP contribution is 2.22. The Kier molecular flexibility index (Phi) is 12.4. The summed E-state index contributed by atoms with van der Waals surface area (Å²) in [6.07, 6.45) is 7.22. The van der Waals surface area contributed by atoms with Gasteiger partial charge in [0.25, 0.3) is 0 Å². The van der Waals surface area contributed by atoms with Crippen LogP contribution in [0, 0.1) is 11.8 Å². The van der Waals surface area contributed by atoms with E-state index in [9.17, 15) is 4.79 Å². The minimum atomic E-state index is 0. The Morgan fingerprint density at radius 2 is 1.95 bits per heavy atom. The van der Waals surface area contributed by atoms with Gasteiger partial charge in [0.2, 0.25) is 5.91 Å². The van der Waals surface area contributed by atoms with E-state index in [0.717, 1.165) is 26.2 Å². The van der Waals surface area contributed by atoms with E-state index in [1.165, 1.54) is 45.2 Å². The van der Waals surface area contributed by atoms with Crippen LogP contribution in [-0.4, -0.2) is 50.1 Å². The molecule has 2 atom stereocenters. The average Bonchev–Trinajstić information content (AvgIpc) is 2.49. The smallest absolute Gasteiger partial charge is 0.220 e. The van der Waals surface area contributed by atoms with Gasteiger partial charge < -0.3 is 15.5 Å². The van der Waals surface area contributed by atoms with Crippen LogP contribution >= 0.6 is 24.8 Å². The molecule has 0 aromatic heterocycles. The molecule has 0 aromatic carbocycles. The standard InChI is InChI=1S/C16H31N3O.2ClH/c1-14(15-6-5-7-17-13-15)12-16(20)18-8-11-19-9-3-2-4-10-19;;/h14-15,17H,2-13H2,1H3,(H,18,20);2*1H. The topological polar surface area (TPSA) is 44.4 Å². The van der Waals surface area contributed by atoms with Gasteiger partial charge in [-0.05, 0) is 63.7 Å². The van der Waals surface area contributed by atoms with Crippen molar-refractivity contribution >= 4 is 30.7 Å². The molecule has 0 bridgehead atoms. The van der Waals surface area contributed by atoms with Crippen LogP contribution in [0.4, 0.5) is 0 Å². The van der Waals surface area contributed by atoms with Gasteiger partial charge in [-0.3, -0.25) is 4.79 Å². The van der Waals surface area contributed by atoms with Crippen LogP contribution in [0.2, 0.25) is 0 Å². The number of nitrogens with one attached hydrogen (secondary N) is 2. The fourth-order valence-electron chi connectivity index (χ4n) is 3.43. The number of piperidine rings is 2. The second-order valence-electron chi connectivity index (χ2n) is 6.54. The lowest BCUT2D eigenvalue weighted by molar-refractivity contribution is -0.122. The van der Waals surface area contributed by atoms with Gasteiger partial charge in [0.1, 0.15) is 0 Å². The van der Waals surface area contributed by atoms with Crippen LogP contribution in [0.15, 0.2) is 0 Å². The van der Waals surface area contributed by atoms with E-state index in [2.05, 4.69) is 22.5 Å². The normalized spacial score (nSPS) is 23.8. The van der Waals surface area contributed by atoms with E-state index in [0.29, 0.717) is 18.3 Å². The minimum Gasteiger partial charge on any atom is -0.355 e. The van der Waals surface area contributed by atoms with Crippen molar-refractivity contribution in [1.82, 2.24) is 15.5 Å². The molecule has 132 valence electrons. The highest BCUT2D eigenvalue weighted by molar-refractivity contribution is 5.85. The molecule has 2 heterocycles. The lowest BCUT2D eigenvalue weighted by Gasteiger charge is -2.28. The Balaban J connectivity index is 0.00000220. The number of rotatable bonds is 6. The highest BCUT2D eigenvalue weighted by atomic mass is 35.5. The van der Waals surface area contributed by atoms with Gasteiger partial charge in [-0.15, -0.1) is 24.8 Å². The van der Waals surface area contributed by atoms with Crippen molar-refractivity contribution in [3.63, 3.8) is 0 Å². The number of amides is 1. The predicted molar refractivity (Wildman–Crippen MR) is 97.2 cm³/mol. The molecule has 0 aromatic rings. The van der Waals surface area contributed by atoms with Crippen LogP contribution in [-0.2, 0) is 4.79 Å². The van der Waals surface area contributed by atoms with Crippen LogP contribution < -0.4 is 10.6 Å². The Bertz CT molecular complexity index is 293. The van der Waals surface area contributed by atoms with Crippen molar-refractivity contribution in [3.8, 4) is 0 Å². The fourth-order valence-corrected chi connectivity index (χ4v) is 3.43. The summed E-state index contributed by atoms with van der Waals surface area (Å²) in [7, 11) is 0. The van der Waals surface area contributed by atoms with Gasteiger partial charge >= 0.3 is 0 Å². The maximum absolute atomic E-state index is 12.0. The van der Waals surface area contributed by atoms with E-state index in [1.807, 2.05) is 0 Å². The molecule has 0 radical (unpaired) electrons. The first kappa shape index (κ1) is 22.0. The van der Waals surface area contributed by atoms with Crippen molar-refractivity contribution in [1.29, 1.82) is 0 Å². The third-order valence-electron chi connectivity index (χ3n) is 4.85. The molecule has 2 rings (SSSR count). The van der Waals surface area contributed by atoms with E-state index >= 15 is 0 Å². The van der Waals surface area contributed by atoms with Crippen molar-refractivity contribution in [2.24, 2.45) is 11.8 Å². The molecule has 2 fully saturated rings. The van der Waals surface area contributed by atoms with Gasteiger partial charge in [0.15, 0.2) is 0 Å².